The van der Waals surface area contributed by atoms with Crippen LogP contribution < -0.4 is 0 Å². The van der Waals surface area contributed by atoms with Crippen molar-refractivity contribution in [2.45, 2.75) is 26.9 Å². The molecule has 0 aliphatic heterocycles. The van der Waals surface area contributed by atoms with Crippen LogP contribution in [0.4, 0.5) is 0 Å². The second-order valence-electron chi connectivity index (χ2n) is 6.13. The van der Waals surface area contributed by atoms with Gasteiger partial charge in [-0.1, -0.05) is 43.1 Å². The lowest BCUT2D eigenvalue weighted by molar-refractivity contribution is -0.135. The van der Waals surface area contributed by atoms with Gasteiger partial charge in [0.2, 0.25) is 5.91 Å². The Labute approximate surface area is 158 Å². The molecule has 1 amide bonds. The van der Waals surface area contributed by atoms with E-state index in [4.69, 9.17) is 27.9 Å². The highest BCUT2D eigenvalue weighted by Gasteiger charge is 2.19. The summed E-state index contributed by atoms with van der Waals surface area (Å²) in [5.74, 6) is 0.827. The van der Waals surface area contributed by atoms with Crippen LogP contribution in [0.2, 0.25) is 10.0 Å². The summed E-state index contributed by atoms with van der Waals surface area (Å²) in [5, 5.41) is 1.06. The summed E-state index contributed by atoms with van der Waals surface area (Å²) in [6.07, 6.45) is 3.63. The number of rotatable bonds is 8. The van der Waals surface area contributed by atoms with E-state index in [1.54, 1.807) is 24.3 Å². The zero-order valence-electron chi connectivity index (χ0n) is 14.7. The minimum atomic E-state index is -0.0738. The van der Waals surface area contributed by atoms with Gasteiger partial charge in [0, 0.05) is 38.5 Å². The van der Waals surface area contributed by atoms with Gasteiger partial charge in [0.1, 0.15) is 5.82 Å². The number of hydrogen-bond donors (Lipinski definition) is 0. The Morgan fingerprint density at radius 2 is 2.08 bits per heavy atom. The summed E-state index contributed by atoms with van der Waals surface area (Å²) >= 11 is 12.1. The SMILES string of the molecule is COCCN(Cc1nccn1Cc1ccc(Cl)c(Cl)c1)C(=O)C(C)C. The van der Waals surface area contributed by atoms with Crippen LogP contribution in [0, 0.1) is 5.92 Å². The van der Waals surface area contributed by atoms with Crippen molar-refractivity contribution in [2.75, 3.05) is 20.3 Å². The van der Waals surface area contributed by atoms with E-state index in [-0.39, 0.29) is 11.8 Å². The van der Waals surface area contributed by atoms with E-state index >= 15 is 0 Å². The normalized spacial score (nSPS) is 11.1. The Balaban J connectivity index is 2.15. The summed E-state index contributed by atoms with van der Waals surface area (Å²) in [6, 6.07) is 5.55. The fourth-order valence-electron chi connectivity index (χ4n) is 2.47. The number of carbonyl (C=O) groups excluding carboxylic acids is 1. The highest BCUT2D eigenvalue weighted by Crippen LogP contribution is 2.23. The minimum absolute atomic E-state index is 0.0738. The van der Waals surface area contributed by atoms with E-state index in [0.29, 0.717) is 36.3 Å². The van der Waals surface area contributed by atoms with E-state index in [0.717, 1.165) is 11.4 Å². The van der Waals surface area contributed by atoms with Crippen molar-refractivity contribution in [1.29, 1.82) is 0 Å². The van der Waals surface area contributed by atoms with E-state index in [2.05, 4.69) is 4.98 Å². The van der Waals surface area contributed by atoms with Crippen LogP contribution in [-0.2, 0) is 22.6 Å². The number of carbonyl (C=O) groups is 1. The van der Waals surface area contributed by atoms with Crippen LogP contribution >= 0.6 is 23.2 Å². The summed E-state index contributed by atoms with van der Waals surface area (Å²) in [6.45, 7) is 5.86. The van der Waals surface area contributed by atoms with Gasteiger partial charge in [-0.05, 0) is 17.7 Å². The molecule has 7 heteroatoms. The van der Waals surface area contributed by atoms with Crippen molar-refractivity contribution in [3.63, 3.8) is 0 Å². The fraction of sp³-hybridized carbons (Fsp3) is 0.444. The lowest BCUT2D eigenvalue weighted by Crippen LogP contribution is -2.37. The van der Waals surface area contributed by atoms with Crippen LogP contribution in [0.5, 0.6) is 0 Å². The molecule has 0 N–H and O–H groups in total. The number of imidazole rings is 1. The number of methoxy groups -OCH3 is 1. The zero-order valence-corrected chi connectivity index (χ0v) is 16.2. The monoisotopic (exact) mass is 383 g/mol. The average molecular weight is 384 g/mol. The van der Waals surface area contributed by atoms with Crippen LogP contribution in [0.15, 0.2) is 30.6 Å². The first-order chi connectivity index (χ1) is 11.9. The molecule has 0 bridgehead atoms. The van der Waals surface area contributed by atoms with Gasteiger partial charge in [0.25, 0.3) is 0 Å². The molecule has 1 aromatic carbocycles. The molecule has 136 valence electrons. The molecule has 0 saturated heterocycles. The third-order valence-electron chi connectivity index (χ3n) is 3.84. The molecule has 0 fully saturated rings. The highest BCUT2D eigenvalue weighted by molar-refractivity contribution is 6.42. The molecule has 2 aromatic rings. The molecule has 0 atom stereocenters. The van der Waals surface area contributed by atoms with Crippen LogP contribution in [-0.4, -0.2) is 40.6 Å². The number of benzene rings is 1. The van der Waals surface area contributed by atoms with E-state index < -0.39 is 0 Å². The fourth-order valence-corrected chi connectivity index (χ4v) is 2.80. The van der Waals surface area contributed by atoms with E-state index in [1.807, 2.05) is 36.7 Å². The predicted octanol–water partition coefficient (Wildman–Crippen LogP) is 3.87. The molecule has 0 saturated carbocycles. The molecule has 25 heavy (non-hydrogen) atoms. The van der Waals surface area contributed by atoms with Crippen molar-refractivity contribution in [3.8, 4) is 0 Å². The van der Waals surface area contributed by atoms with Crippen molar-refractivity contribution < 1.29 is 9.53 Å². The Morgan fingerprint density at radius 3 is 2.72 bits per heavy atom. The Bertz CT molecular complexity index is 716. The second kappa shape index (κ2) is 9.22. The molecule has 0 unspecified atom stereocenters. The molecule has 0 spiro atoms. The van der Waals surface area contributed by atoms with Crippen LogP contribution in [0.25, 0.3) is 0 Å². The van der Waals surface area contributed by atoms with Crippen molar-refractivity contribution in [1.82, 2.24) is 14.5 Å². The third-order valence-corrected chi connectivity index (χ3v) is 4.58. The number of ether oxygens (including phenoxy) is 1. The quantitative estimate of drug-likeness (QED) is 0.694. The maximum absolute atomic E-state index is 12.4. The number of hydrogen-bond acceptors (Lipinski definition) is 3. The first-order valence-corrected chi connectivity index (χ1v) is 8.89. The average Bonchev–Trinajstić information content (AvgIpc) is 3.01. The molecule has 1 heterocycles. The molecule has 5 nitrogen and oxygen atoms in total. The minimum Gasteiger partial charge on any atom is -0.383 e. The molecule has 1 aromatic heterocycles. The van der Waals surface area contributed by atoms with Crippen molar-refractivity contribution >= 4 is 29.1 Å². The van der Waals surface area contributed by atoms with E-state index in [1.165, 1.54) is 0 Å². The maximum Gasteiger partial charge on any atom is 0.225 e. The van der Waals surface area contributed by atoms with Gasteiger partial charge in [-0.2, -0.15) is 0 Å². The van der Waals surface area contributed by atoms with Gasteiger partial charge in [-0.3, -0.25) is 4.79 Å². The van der Waals surface area contributed by atoms with Gasteiger partial charge >= 0.3 is 0 Å². The van der Waals surface area contributed by atoms with Crippen molar-refractivity contribution in [2.24, 2.45) is 5.92 Å². The smallest absolute Gasteiger partial charge is 0.225 e. The largest absolute Gasteiger partial charge is 0.383 e. The Morgan fingerprint density at radius 1 is 1.32 bits per heavy atom. The maximum atomic E-state index is 12.4. The van der Waals surface area contributed by atoms with Crippen molar-refractivity contribution in [3.05, 3.63) is 52.0 Å². The van der Waals surface area contributed by atoms with Gasteiger partial charge in [0.05, 0.1) is 23.2 Å². The standard InChI is InChI=1S/C18H23Cl2N3O2/c1-13(2)18(24)23(8-9-25-3)12-17-21-6-7-22(17)11-14-4-5-15(19)16(20)10-14/h4-7,10,13H,8-9,11-12H2,1-3H3. The first kappa shape index (κ1) is 19.8. The predicted molar refractivity (Wildman–Crippen MR) is 99.9 cm³/mol. The van der Waals surface area contributed by atoms with Crippen LogP contribution in [0.3, 0.4) is 0 Å². The Hall–Kier alpha value is -1.56. The Kier molecular flexibility index (Phi) is 7.29. The summed E-state index contributed by atoms with van der Waals surface area (Å²) in [5.41, 5.74) is 1.02. The second-order valence-corrected chi connectivity index (χ2v) is 6.94. The third kappa shape index (κ3) is 5.46. The zero-order chi connectivity index (χ0) is 18.4. The van der Waals surface area contributed by atoms with Crippen LogP contribution in [0.1, 0.15) is 25.2 Å². The topological polar surface area (TPSA) is 47.4 Å². The summed E-state index contributed by atoms with van der Waals surface area (Å²) in [4.78, 5) is 18.6. The summed E-state index contributed by atoms with van der Waals surface area (Å²) < 4.78 is 7.13. The number of nitrogens with zero attached hydrogens (tertiary/aromatic N) is 3. The first-order valence-electron chi connectivity index (χ1n) is 8.14. The number of aromatic nitrogens is 2. The lowest BCUT2D eigenvalue weighted by atomic mass is 10.2. The lowest BCUT2D eigenvalue weighted by Gasteiger charge is -2.24. The van der Waals surface area contributed by atoms with Gasteiger partial charge in [-0.25, -0.2) is 4.98 Å². The molecular formula is C18H23Cl2N3O2. The molecular weight excluding hydrogens is 361 g/mol. The van der Waals surface area contributed by atoms with Gasteiger partial charge in [-0.15, -0.1) is 0 Å². The van der Waals surface area contributed by atoms with E-state index in [9.17, 15) is 4.79 Å². The molecule has 0 radical (unpaired) electrons. The number of amides is 1. The molecule has 0 aliphatic carbocycles. The summed E-state index contributed by atoms with van der Waals surface area (Å²) in [7, 11) is 1.63. The van der Waals surface area contributed by atoms with Gasteiger partial charge in [0.15, 0.2) is 0 Å². The van der Waals surface area contributed by atoms with Gasteiger partial charge < -0.3 is 14.2 Å². The number of halogens is 2. The highest BCUT2D eigenvalue weighted by atomic mass is 35.5. The molecule has 2 rings (SSSR count). The molecule has 0 aliphatic rings.